The summed E-state index contributed by atoms with van der Waals surface area (Å²) >= 11 is 0. The van der Waals surface area contributed by atoms with E-state index in [1.54, 1.807) is 4.90 Å². The van der Waals surface area contributed by atoms with E-state index in [1.807, 2.05) is 38.1 Å². The van der Waals surface area contributed by atoms with Crippen LogP contribution in [0.25, 0.3) is 0 Å². The highest BCUT2D eigenvalue weighted by Crippen LogP contribution is 2.10. The third-order valence-corrected chi connectivity index (χ3v) is 3.49. The number of nitrogens with zero attached hydrogens (tertiary/aromatic N) is 1. The molecule has 1 aromatic carbocycles. The Labute approximate surface area is 121 Å². The first kappa shape index (κ1) is 16.2. The second kappa shape index (κ2) is 7.68. The number of hydrogen-bond acceptors (Lipinski definition) is 2. The Balaban J connectivity index is 2.63. The van der Waals surface area contributed by atoms with Gasteiger partial charge in [0.05, 0.1) is 0 Å². The summed E-state index contributed by atoms with van der Waals surface area (Å²) in [4.78, 5) is 25.2. The second-order valence-corrected chi connectivity index (χ2v) is 5.00. The molecule has 0 aliphatic heterocycles. The molecule has 2 amide bonds. The second-order valence-electron chi connectivity index (χ2n) is 5.00. The predicted octanol–water partition coefficient (Wildman–Crippen LogP) is 2.83. The van der Waals surface area contributed by atoms with Crippen molar-refractivity contribution in [1.29, 1.82) is 0 Å². The number of benzene rings is 1. The van der Waals surface area contributed by atoms with Crippen molar-refractivity contribution in [1.82, 2.24) is 4.90 Å². The molecule has 4 nitrogen and oxygen atoms in total. The fraction of sp³-hybridized carbons (Fsp3) is 0.500. The number of hydrogen-bond donors (Lipinski definition) is 1. The van der Waals surface area contributed by atoms with Gasteiger partial charge in [-0.3, -0.25) is 9.59 Å². The molecule has 0 aromatic heterocycles. The Bertz CT molecular complexity index is 454. The summed E-state index contributed by atoms with van der Waals surface area (Å²) < 4.78 is 0. The molecule has 1 unspecified atom stereocenters. The molecule has 0 spiro atoms. The van der Waals surface area contributed by atoms with Crippen LogP contribution >= 0.6 is 0 Å². The molecule has 0 aliphatic rings. The fourth-order valence-electron chi connectivity index (χ4n) is 1.98. The minimum atomic E-state index is -0.162. The first-order valence-electron chi connectivity index (χ1n) is 7.13. The smallest absolute Gasteiger partial charge is 0.244 e. The van der Waals surface area contributed by atoms with E-state index < -0.39 is 0 Å². The zero-order valence-corrected chi connectivity index (χ0v) is 12.8. The lowest BCUT2D eigenvalue weighted by Crippen LogP contribution is -2.42. The van der Waals surface area contributed by atoms with Crippen LogP contribution in [0.3, 0.4) is 0 Å². The van der Waals surface area contributed by atoms with E-state index in [2.05, 4.69) is 12.2 Å². The third kappa shape index (κ3) is 4.68. The number of nitrogens with one attached hydrogen (secondary N) is 1. The molecule has 4 heteroatoms. The van der Waals surface area contributed by atoms with E-state index >= 15 is 0 Å². The van der Waals surface area contributed by atoms with Crippen molar-refractivity contribution in [2.24, 2.45) is 0 Å². The minimum Gasteiger partial charge on any atom is -0.331 e. The number of amides is 2. The van der Waals surface area contributed by atoms with Gasteiger partial charge in [-0.1, -0.05) is 26.0 Å². The van der Waals surface area contributed by atoms with Gasteiger partial charge in [0, 0.05) is 18.7 Å². The van der Waals surface area contributed by atoms with Crippen LogP contribution in [0.4, 0.5) is 5.69 Å². The Morgan fingerprint density at radius 3 is 2.25 bits per heavy atom. The highest BCUT2D eigenvalue weighted by molar-refractivity contribution is 5.94. The van der Waals surface area contributed by atoms with E-state index in [1.165, 1.54) is 12.5 Å². The highest BCUT2D eigenvalue weighted by Gasteiger charge is 2.18. The van der Waals surface area contributed by atoms with Crippen LogP contribution in [0.2, 0.25) is 0 Å². The standard InChI is InChI=1S/C16H24N2O2/c1-5-12(3)18(13(4)19)11-16(20)17-15-9-7-14(6-2)8-10-15/h7-10,12H,5-6,11H2,1-4H3,(H,17,20). The fourth-order valence-corrected chi connectivity index (χ4v) is 1.98. The molecule has 1 N–H and O–H groups in total. The monoisotopic (exact) mass is 276 g/mol. The molecule has 0 bridgehead atoms. The number of aryl methyl sites for hydroxylation is 1. The van der Waals surface area contributed by atoms with E-state index in [4.69, 9.17) is 0 Å². The summed E-state index contributed by atoms with van der Waals surface area (Å²) in [5, 5.41) is 2.82. The predicted molar refractivity (Wildman–Crippen MR) is 81.6 cm³/mol. The van der Waals surface area contributed by atoms with Crippen molar-refractivity contribution in [3.63, 3.8) is 0 Å². The maximum Gasteiger partial charge on any atom is 0.244 e. The molecule has 20 heavy (non-hydrogen) atoms. The highest BCUT2D eigenvalue weighted by atomic mass is 16.2. The maximum absolute atomic E-state index is 12.0. The van der Waals surface area contributed by atoms with Gasteiger partial charge in [0.1, 0.15) is 6.54 Å². The van der Waals surface area contributed by atoms with Gasteiger partial charge in [-0.15, -0.1) is 0 Å². The number of rotatable bonds is 6. The zero-order chi connectivity index (χ0) is 15.1. The van der Waals surface area contributed by atoms with Gasteiger partial charge in [0.15, 0.2) is 0 Å². The molecule has 0 aliphatic carbocycles. The summed E-state index contributed by atoms with van der Waals surface area (Å²) in [6.45, 7) is 7.63. The molecule has 0 heterocycles. The van der Waals surface area contributed by atoms with Crippen LogP contribution in [-0.2, 0) is 16.0 Å². The molecular formula is C16H24N2O2. The molecule has 1 rings (SSSR count). The van der Waals surface area contributed by atoms with Gasteiger partial charge in [0.25, 0.3) is 0 Å². The lowest BCUT2D eigenvalue weighted by atomic mass is 10.1. The average molecular weight is 276 g/mol. The van der Waals surface area contributed by atoms with Crippen LogP contribution in [0, 0.1) is 0 Å². The van der Waals surface area contributed by atoms with Crippen molar-refractivity contribution < 1.29 is 9.59 Å². The van der Waals surface area contributed by atoms with E-state index in [-0.39, 0.29) is 24.4 Å². The molecule has 0 radical (unpaired) electrons. The van der Waals surface area contributed by atoms with Crippen molar-refractivity contribution in [2.75, 3.05) is 11.9 Å². The molecular weight excluding hydrogens is 252 g/mol. The summed E-state index contributed by atoms with van der Waals surface area (Å²) in [5.41, 5.74) is 1.99. The minimum absolute atomic E-state index is 0.0701. The largest absolute Gasteiger partial charge is 0.331 e. The molecule has 0 fully saturated rings. The van der Waals surface area contributed by atoms with Crippen molar-refractivity contribution in [2.45, 2.75) is 46.6 Å². The normalized spacial score (nSPS) is 11.8. The molecule has 110 valence electrons. The van der Waals surface area contributed by atoms with Gasteiger partial charge in [0.2, 0.25) is 11.8 Å². The third-order valence-electron chi connectivity index (χ3n) is 3.49. The van der Waals surface area contributed by atoms with E-state index in [9.17, 15) is 9.59 Å². The molecule has 0 saturated carbocycles. The first-order chi connectivity index (χ1) is 9.47. The maximum atomic E-state index is 12.0. The lowest BCUT2D eigenvalue weighted by Gasteiger charge is -2.26. The van der Waals surface area contributed by atoms with E-state index in [0.29, 0.717) is 0 Å². The van der Waals surface area contributed by atoms with Gasteiger partial charge < -0.3 is 10.2 Å². The number of anilines is 1. The van der Waals surface area contributed by atoms with Crippen LogP contribution in [0.15, 0.2) is 24.3 Å². The number of carbonyl (C=O) groups excluding carboxylic acids is 2. The van der Waals surface area contributed by atoms with Crippen molar-refractivity contribution >= 4 is 17.5 Å². The van der Waals surface area contributed by atoms with Crippen LogP contribution in [0.5, 0.6) is 0 Å². The summed E-state index contributed by atoms with van der Waals surface area (Å²) in [6.07, 6.45) is 1.80. The molecule has 0 saturated heterocycles. The SMILES string of the molecule is CCc1ccc(NC(=O)CN(C(C)=O)C(C)CC)cc1. The first-order valence-corrected chi connectivity index (χ1v) is 7.13. The Kier molecular flexibility index (Phi) is 6.22. The Morgan fingerprint density at radius 2 is 1.80 bits per heavy atom. The van der Waals surface area contributed by atoms with Gasteiger partial charge in [-0.2, -0.15) is 0 Å². The Hall–Kier alpha value is -1.84. The van der Waals surface area contributed by atoms with Gasteiger partial charge in [-0.05, 0) is 37.5 Å². The lowest BCUT2D eigenvalue weighted by molar-refractivity contribution is -0.134. The summed E-state index contributed by atoms with van der Waals surface area (Å²) in [5.74, 6) is -0.236. The summed E-state index contributed by atoms with van der Waals surface area (Å²) in [7, 11) is 0. The quantitative estimate of drug-likeness (QED) is 0.868. The van der Waals surface area contributed by atoms with Crippen LogP contribution in [-0.4, -0.2) is 29.3 Å². The number of carbonyl (C=O) groups is 2. The average Bonchev–Trinajstić information content (AvgIpc) is 2.44. The molecule has 1 atom stereocenters. The zero-order valence-electron chi connectivity index (χ0n) is 12.8. The Morgan fingerprint density at radius 1 is 1.20 bits per heavy atom. The van der Waals surface area contributed by atoms with Gasteiger partial charge in [-0.25, -0.2) is 0 Å². The topological polar surface area (TPSA) is 49.4 Å². The van der Waals surface area contributed by atoms with Crippen LogP contribution < -0.4 is 5.32 Å². The van der Waals surface area contributed by atoms with Crippen LogP contribution in [0.1, 0.15) is 39.7 Å². The van der Waals surface area contributed by atoms with E-state index in [0.717, 1.165) is 18.5 Å². The van der Waals surface area contributed by atoms with Gasteiger partial charge >= 0.3 is 0 Å². The summed E-state index contributed by atoms with van der Waals surface area (Å²) in [6, 6.07) is 7.83. The molecule has 1 aromatic rings. The van der Waals surface area contributed by atoms with Crippen molar-refractivity contribution in [3.8, 4) is 0 Å². The van der Waals surface area contributed by atoms with Crippen molar-refractivity contribution in [3.05, 3.63) is 29.8 Å².